The number of benzene rings is 3. The highest BCUT2D eigenvalue weighted by molar-refractivity contribution is 9.10. The third-order valence-electron chi connectivity index (χ3n) is 5.71. The summed E-state index contributed by atoms with van der Waals surface area (Å²) in [5, 5.41) is 6.17. The maximum Gasteiger partial charge on any atom is 0.280 e. The van der Waals surface area contributed by atoms with Gasteiger partial charge in [-0.1, -0.05) is 85.3 Å². The maximum absolute atomic E-state index is 13.7. The standard InChI is InChI=1S/C29H31BrN4O3S2/c1-20(2)18-33(19-21(3)4)39(36,37)25-13-10-23(11-14-25)28(35)34(31-17-22-8-6-5-7-9-22)29-32-26-15-12-24(30)16-27(26)38-29/h5-17,20-21H,18-19H2,1-4H3/b31-17+. The molecule has 204 valence electrons. The summed E-state index contributed by atoms with van der Waals surface area (Å²) in [4.78, 5) is 18.5. The summed E-state index contributed by atoms with van der Waals surface area (Å²) in [7, 11) is -3.71. The van der Waals surface area contributed by atoms with Gasteiger partial charge in [0.05, 0.1) is 21.3 Å². The van der Waals surface area contributed by atoms with Gasteiger partial charge in [-0.15, -0.1) is 0 Å². The number of thiazole rings is 1. The summed E-state index contributed by atoms with van der Waals surface area (Å²) in [5.74, 6) is -0.0415. The van der Waals surface area contributed by atoms with E-state index in [0.29, 0.717) is 23.8 Å². The van der Waals surface area contributed by atoms with E-state index < -0.39 is 15.9 Å². The molecule has 0 spiro atoms. The average Bonchev–Trinajstić information content (AvgIpc) is 3.31. The molecule has 39 heavy (non-hydrogen) atoms. The van der Waals surface area contributed by atoms with Crippen LogP contribution in [0, 0.1) is 11.8 Å². The van der Waals surface area contributed by atoms with E-state index in [4.69, 9.17) is 0 Å². The Bertz CT molecular complexity index is 1560. The molecule has 0 saturated carbocycles. The Kier molecular flexibility index (Phi) is 9.32. The van der Waals surface area contributed by atoms with Crippen molar-refractivity contribution < 1.29 is 13.2 Å². The molecule has 0 bridgehead atoms. The summed E-state index contributed by atoms with van der Waals surface area (Å²) < 4.78 is 30.2. The number of carbonyl (C=O) groups is 1. The first-order valence-electron chi connectivity index (χ1n) is 12.6. The molecule has 0 N–H and O–H groups in total. The summed E-state index contributed by atoms with van der Waals surface area (Å²) in [6.07, 6.45) is 1.61. The summed E-state index contributed by atoms with van der Waals surface area (Å²) in [5.41, 5.74) is 1.89. The Labute approximate surface area is 242 Å². The van der Waals surface area contributed by atoms with Crippen LogP contribution in [0.1, 0.15) is 43.6 Å². The number of fused-ring (bicyclic) bond motifs is 1. The Morgan fingerprint density at radius 2 is 1.62 bits per heavy atom. The van der Waals surface area contributed by atoms with Crippen molar-refractivity contribution in [2.24, 2.45) is 16.9 Å². The number of amides is 1. The van der Waals surface area contributed by atoms with Crippen LogP contribution in [0.2, 0.25) is 0 Å². The average molecular weight is 628 g/mol. The van der Waals surface area contributed by atoms with Gasteiger partial charge < -0.3 is 0 Å². The molecular formula is C29H31BrN4O3S2. The second-order valence-corrected chi connectivity index (χ2v) is 13.9. The predicted molar refractivity (Wildman–Crippen MR) is 163 cm³/mol. The number of hydrogen-bond donors (Lipinski definition) is 0. The van der Waals surface area contributed by atoms with E-state index in [1.54, 1.807) is 6.21 Å². The molecule has 0 atom stereocenters. The van der Waals surface area contributed by atoms with Crippen LogP contribution < -0.4 is 5.01 Å². The van der Waals surface area contributed by atoms with Gasteiger partial charge in [0.2, 0.25) is 15.2 Å². The normalized spacial score (nSPS) is 12.3. The molecular weight excluding hydrogens is 596 g/mol. The number of carbonyl (C=O) groups excluding carboxylic acids is 1. The van der Waals surface area contributed by atoms with Crippen LogP contribution in [0.5, 0.6) is 0 Å². The lowest BCUT2D eigenvalue weighted by Crippen LogP contribution is -2.37. The highest BCUT2D eigenvalue weighted by atomic mass is 79.9. The van der Waals surface area contributed by atoms with Crippen LogP contribution in [0.3, 0.4) is 0 Å². The largest absolute Gasteiger partial charge is 0.280 e. The van der Waals surface area contributed by atoms with E-state index in [-0.39, 0.29) is 16.7 Å². The van der Waals surface area contributed by atoms with Crippen LogP contribution in [0.15, 0.2) is 87.3 Å². The van der Waals surface area contributed by atoms with Crippen molar-refractivity contribution in [3.63, 3.8) is 0 Å². The quantitative estimate of drug-likeness (QED) is 0.140. The van der Waals surface area contributed by atoms with Gasteiger partial charge in [0, 0.05) is 23.1 Å². The van der Waals surface area contributed by atoms with Gasteiger partial charge in [0.25, 0.3) is 5.91 Å². The number of anilines is 1. The summed E-state index contributed by atoms with van der Waals surface area (Å²) in [6.45, 7) is 8.84. The van der Waals surface area contributed by atoms with Crippen molar-refractivity contribution in [3.8, 4) is 0 Å². The van der Waals surface area contributed by atoms with Crippen molar-refractivity contribution >= 4 is 64.8 Å². The third-order valence-corrected chi connectivity index (χ3v) is 9.04. The molecule has 3 aromatic carbocycles. The predicted octanol–water partition coefficient (Wildman–Crippen LogP) is 7.04. The van der Waals surface area contributed by atoms with Crippen molar-refractivity contribution in [3.05, 3.63) is 88.4 Å². The van der Waals surface area contributed by atoms with Gasteiger partial charge >= 0.3 is 0 Å². The zero-order valence-electron chi connectivity index (χ0n) is 22.3. The third kappa shape index (κ3) is 7.19. The first-order valence-corrected chi connectivity index (χ1v) is 15.7. The molecule has 0 aliphatic rings. The van der Waals surface area contributed by atoms with Crippen molar-refractivity contribution in [1.82, 2.24) is 9.29 Å². The molecule has 0 aliphatic heterocycles. The Balaban J connectivity index is 1.68. The SMILES string of the molecule is CC(C)CN(CC(C)C)S(=O)(=O)c1ccc(C(=O)N(/N=C/c2ccccc2)c2nc3ccc(Br)cc3s2)cc1. The summed E-state index contributed by atoms with van der Waals surface area (Å²) >= 11 is 4.83. The van der Waals surface area contributed by atoms with E-state index in [0.717, 1.165) is 20.3 Å². The highest BCUT2D eigenvalue weighted by Crippen LogP contribution is 2.32. The Morgan fingerprint density at radius 1 is 0.974 bits per heavy atom. The number of hydrogen-bond acceptors (Lipinski definition) is 6. The van der Waals surface area contributed by atoms with Gasteiger partial charge in [0.1, 0.15) is 0 Å². The van der Waals surface area contributed by atoms with E-state index in [1.165, 1.54) is 44.9 Å². The smallest absolute Gasteiger partial charge is 0.267 e. The van der Waals surface area contributed by atoms with E-state index >= 15 is 0 Å². The van der Waals surface area contributed by atoms with Crippen molar-refractivity contribution in [2.75, 3.05) is 18.1 Å². The fraction of sp³-hybridized carbons (Fsp3) is 0.276. The number of sulfonamides is 1. The minimum atomic E-state index is -3.71. The molecule has 7 nitrogen and oxygen atoms in total. The minimum Gasteiger partial charge on any atom is -0.267 e. The molecule has 0 aliphatic carbocycles. The van der Waals surface area contributed by atoms with Gasteiger partial charge in [-0.25, -0.2) is 13.4 Å². The van der Waals surface area contributed by atoms with Gasteiger partial charge in [0.15, 0.2) is 0 Å². The van der Waals surface area contributed by atoms with Crippen LogP contribution in [0.25, 0.3) is 10.2 Å². The van der Waals surface area contributed by atoms with E-state index in [2.05, 4.69) is 26.0 Å². The molecule has 0 saturated heterocycles. The van der Waals surface area contributed by atoms with Gasteiger partial charge in [-0.05, 0) is 59.9 Å². The lowest BCUT2D eigenvalue weighted by molar-refractivity contribution is 0.0987. The van der Waals surface area contributed by atoms with Gasteiger partial charge in [-0.2, -0.15) is 14.4 Å². The second kappa shape index (κ2) is 12.5. The summed E-state index contributed by atoms with van der Waals surface area (Å²) in [6, 6.07) is 21.2. The molecule has 0 radical (unpaired) electrons. The fourth-order valence-corrected chi connectivity index (χ4v) is 7.20. The molecule has 4 rings (SSSR count). The fourth-order valence-electron chi connectivity index (χ4n) is 3.96. The number of rotatable bonds is 10. The van der Waals surface area contributed by atoms with E-state index in [9.17, 15) is 13.2 Å². The highest BCUT2D eigenvalue weighted by Gasteiger charge is 2.27. The zero-order valence-corrected chi connectivity index (χ0v) is 25.5. The lowest BCUT2D eigenvalue weighted by Gasteiger charge is -2.25. The van der Waals surface area contributed by atoms with Crippen molar-refractivity contribution in [1.29, 1.82) is 0 Å². The first kappa shape index (κ1) is 29.1. The number of nitrogens with zero attached hydrogens (tertiary/aromatic N) is 4. The Hall–Kier alpha value is -2.92. The monoisotopic (exact) mass is 626 g/mol. The number of aromatic nitrogens is 1. The molecule has 0 fully saturated rings. The molecule has 1 amide bonds. The molecule has 10 heteroatoms. The number of hydrazone groups is 1. The zero-order chi connectivity index (χ0) is 28.2. The number of halogens is 1. The van der Waals surface area contributed by atoms with Crippen molar-refractivity contribution in [2.45, 2.75) is 32.6 Å². The van der Waals surface area contributed by atoms with Crippen LogP contribution in [0.4, 0.5) is 5.13 Å². The van der Waals surface area contributed by atoms with Crippen LogP contribution >= 0.6 is 27.3 Å². The second-order valence-electron chi connectivity index (χ2n) is 10.0. The first-order chi connectivity index (χ1) is 18.5. The molecule has 0 unspecified atom stereocenters. The Morgan fingerprint density at radius 3 is 2.23 bits per heavy atom. The molecule has 1 aromatic heterocycles. The molecule has 1 heterocycles. The molecule has 4 aromatic rings. The van der Waals surface area contributed by atoms with E-state index in [1.807, 2.05) is 76.2 Å². The maximum atomic E-state index is 13.7. The minimum absolute atomic E-state index is 0.157. The van der Waals surface area contributed by atoms with Crippen LogP contribution in [-0.2, 0) is 10.0 Å². The van der Waals surface area contributed by atoms with Crippen LogP contribution in [-0.4, -0.2) is 42.9 Å². The topological polar surface area (TPSA) is 82.9 Å². The lowest BCUT2D eigenvalue weighted by atomic mass is 10.2. The van der Waals surface area contributed by atoms with Gasteiger partial charge in [-0.3, -0.25) is 4.79 Å².